The van der Waals surface area contributed by atoms with E-state index in [1.165, 1.54) is 23.7 Å². The second-order valence-electron chi connectivity index (χ2n) is 5.49. The number of aryl methyl sites for hydroxylation is 1. The zero-order chi connectivity index (χ0) is 13.8. The molecule has 1 saturated heterocycles. The largest absolute Gasteiger partial charge is 0.378 e. The van der Waals surface area contributed by atoms with Gasteiger partial charge in [0.1, 0.15) is 0 Å². The highest BCUT2D eigenvalue weighted by atomic mass is 16.5. The molecule has 0 saturated carbocycles. The van der Waals surface area contributed by atoms with Gasteiger partial charge in [-0.3, -0.25) is 4.68 Å². The molecule has 1 atom stereocenters. The highest BCUT2D eigenvalue weighted by molar-refractivity contribution is 5.81. The van der Waals surface area contributed by atoms with Gasteiger partial charge in [0.15, 0.2) is 0 Å². The molecule has 0 radical (unpaired) electrons. The second kappa shape index (κ2) is 6.37. The van der Waals surface area contributed by atoms with E-state index in [1.54, 1.807) is 0 Å². The number of ether oxygens (including phenoxy) is 1. The topological polar surface area (TPSA) is 39.1 Å². The third-order valence-corrected chi connectivity index (χ3v) is 4.00. The molecule has 1 aromatic carbocycles. The first-order chi connectivity index (χ1) is 9.88. The van der Waals surface area contributed by atoms with Crippen LogP contribution in [0.15, 0.2) is 24.3 Å². The third kappa shape index (κ3) is 2.86. The number of hydrogen-bond donors (Lipinski definition) is 1. The van der Waals surface area contributed by atoms with Crippen molar-refractivity contribution in [2.75, 3.05) is 13.7 Å². The number of nitrogens with zero attached hydrogens (tertiary/aromatic N) is 2. The smallest absolute Gasteiger partial charge is 0.0841 e. The first-order valence-corrected chi connectivity index (χ1v) is 7.59. The molecular formula is C16H23N3O. The summed E-state index contributed by atoms with van der Waals surface area (Å²) >= 11 is 0. The summed E-state index contributed by atoms with van der Waals surface area (Å²) in [7, 11) is 1.96. The maximum atomic E-state index is 5.68. The summed E-state index contributed by atoms with van der Waals surface area (Å²) in [6, 6.07) is 8.49. The van der Waals surface area contributed by atoms with E-state index in [0.717, 1.165) is 38.2 Å². The molecule has 4 heteroatoms. The fraction of sp³-hybridized carbons (Fsp3) is 0.562. The standard InChI is InChI=1S/C16H23N3O/c1-17-12-15-14-8-2-3-9-16(14)19(18-15)10-4-6-13-7-5-11-20-13/h2-3,8-9,13,17H,4-7,10-12H2,1H3. The van der Waals surface area contributed by atoms with Crippen LogP contribution in [0.25, 0.3) is 10.9 Å². The Labute approximate surface area is 120 Å². The molecule has 0 bridgehead atoms. The lowest BCUT2D eigenvalue weighted by Crippen LogP contribution is -2.09. The maximum Gasteiger partial charge on any atom is 0.0841 e. The Bertz CT molecular complexity index is 558. The molecule has 1 aromatic heterocycles. The predicted octanol–water partition coefficient (Wildman–Crippen LogP) is 2.71. The van der Waals surface area contributed by atoms with E-state index in [0.29, 0.717) is 6.10 Å². The van der Waals surface area contributed by atoms with Crippen LogP contribution in [0.3, 0.4) is 0 Å². The molecule has 0 amide bonds. The SMILES string of the molecule is CNCc1nn(CCCC2CCCO2)c2ccccc12. The minimum absolute atomic E-state index is 0.480. The van der Waals surface area contributed by atoms with Gasteiger partial charge in [-0.2, -0.15) is 5.10 Å². The van der Waals surface area contributed by atoms with Crippen LogP contribution in [-0.4, -0.2) is 29.5 Å². The van der Waals surface area contributed by atoms with Crippen molar-refractivity contribution in [3.05, 3.63) is 30.0 Å². The zero-order valence-electron chi connectivity index (χ0n) is 12.1. The first kappa shape index (κ1) is 13.6. The molecule has 1 aliphatic rings. The van der Waals surface area contributed by atoms with Gasteiger partial charge in [0.05, 0.1) is 17.3 Å². The summed E-state index contributed by atoms with van der Waals surface area (Å²) in [6.07, 6.45) is 5.21. The van der Waals surface area contributed by atoms with Crippen LogP contribution in [0.2, 0.25) is 0 Å². The summed E-state index contributed by atoms with van der Waals surface area (Å²) in [4.78, 5) is 0. The lowest BCUT2D eigenvalue weighted by Gasteiger charge is -2.09. The Morgan fingerprint density at radius 2 is 2.30 bits per heavy atom. The van der Waals surface area contributed by atoms with Gasteiger partial charge in [-0.15, -0.1) is 0 Å². The Hall–Kier alpha value is -1.39. The first-order valence-electron chi connectivity index (χ1n) is 7.59. The predicted molar refractivity (Wildman–Crippen MR) is 80.7 cm³/mol. The number of rotatable bonds is 6. The molecule has 2 aromatic rings. The van der Waals surface area contributed by atoms with Gasteiger partial charge in [-0.25, -0.2) is 0 Å². The highest BCUT2D eigenvalue weighted by Crippen LogP contribution is 2.21. The lowest BCUT2D eigenvalue weighted by molar-refractivity contribution is 0.101. The van der Waals surface area contributed by atoms with Crippen molar-refractivity contribution in [2.45, 2.75) is 44.9 Å². The van der Waals surface area contributed by atoms with Gasteiger partial charge in [-0.1, -0.05) is 18.2 Å². The maximum absolute atomic E-state index is 5.68. The van der Waals surface area contributed by atoms with Crippen molar-refractivity contribution in [3.63, 3.8) is 0 Å². The van der Waals surface area contributed by atoms with E-state index >= 15 is 0 Å². The molecular weight excluding hydrogens is 250 g/mol. The average molecular weight is 273 g/mol. The highest BCUT2D eigenvalue weighted by Gasteiger charge is 2.15. The zero-order valence-corrected chi connectivity index (χ0v) is 12.1. The number of nitrogens with one attached hydrogen (secondary N) is 1. The number of aromatic nitrogens is 2. The minimum atomic E-state index is 0.480. The molecule has 1 N–H and O–H groups in total. The average Bonchev–Trinajstić information content (AvgIpc) is 3.09. The molecule has 108 valence electrons. The monoisotopic (exact) mass is 273 g/mol. The molecule has 2 heterocycles. The van der Waals surface area contributed by atoms with Crippen molar-refractivity contribution in [2.24, 2.45) is 0 Å². The van der Waals surface area contributed by atoms with Crippen LogP contribution in [0.5, 0.6) is 0 Å². The summed E-state index contributed by atoms with van der Waals surface area (Å²) in [6.45, 7) is 2.74. The normalized spacial score (nSPS) is 18.9. The summed E-state index contributed by atoms with van der Waals surface area (Å²) in [5.74, 6) is 0. The molecule has 0 aliphatic carbocycles. The van der Waals surface area contributed by atoms with Crippen LogP contribution in [0.1, 0.15) is 31.4 Å². The van der Waals surface area contributed by atoms with Gasteiger partial charge in [0, 0.05) is 25.1 Å². The van der Waals surface area contributed by atoms with Gasteiger partial charge in [0.2, 0.25) is 0 Å². The molecule has 3 rings (SSSR count). The number of fused-ring (bicyclic) bond motifs is 1. The fourth-order valence-corrected chi connectivity index (χ4v) is 3.01. The quantitative estimate of drug-likeness (QED) is 0.879. The van der Waals surface area contributed by atoms with Crippen LogP contribution in [0, 0.1) is 0 Å². The van der Waals surface area contributed by atoms with Gasteiger partial charge < -0.3 is 10.1 Å². The Morgan fingerprint density at radius 1 is 1.40 bits per heavy atom. The van der Waals surface area contributed by atoms with E-state index in [1.807, 2.05) is 7.05 Å². The Morgan fingerprint density at radius 3 is 3.10 bits per heavy atom. The van der Waals surface area contributed by atoms with E-state index in [2.05, 4.69) is 34.3 Å². The van der Waals surface area contributed by atoms with Gasteiger partial charge >= 0.3 is 0 Å². The number of benzene rings is 1. The molecule has 1 fully saturated rings. The van der Waals surface area contributed by atoms with Gasteiger partial charge in [-0.05, 0) is 38.8 Å². The van der Waals surface area contributed by atoms with Crippen LogP contribution in [-0.2, 0) is 17.8 Å². The Balaban J connectivity index is 1.70. The lowest BCUT2D eigenvalue weighted by atomic mass is 10.1. The van der Waals surface area contributed by atoms with Crippen LogP contribution < -0.4 is 5.32 Å². The Kier molecular flexibility index (Phi) is 4.33. The van der Waals surface area contributed by atoms with E-state index in [4.69, 9.17) is 9.84 Å². The van der Waals surface area contributed by atoms with Gasteiger partial charge in [0.25, 0.3) is 0 Å². The minimum Gasteiger partial charge on any atom is -0.378 e. The fourth-order valence-electron chi connectivity index (χ4n) is 3.01. The summed E-state index contributed by atoms with van der Waals surface area (Å²) < 4.78 is 7.83. The third-order valence-electron chi connectivity index (χ3n) is 4.00. The summed E-state index contributed by atoms with van der Waals surface area (Å²) in [5.41, 5.74) is 2.38. The van der Waals surface area contributed by atoms with Crippen molar-refractivity contribution in [3.8, 4) is 0 Å². The van der Waals surface area contributed by atoms with Crippen molar-refractivity contribution in [1.82, 2.24) is 15.1 Å². The van der Waals surface area contributed by atoms with E-state index < -0.39 is 0 Å². The summed E-state index contributed by atoms with van der Waals surface area (Å²) in [5, 5.41) is 9.21. The molecule has 4 nitrogen and oxygen atoms in total. The molecule has 1 aliphatic heterocycles. The molecule has 1 unspecified atom stereocenters. The molecule has 0 spiro atoms. The van der Waals surface area contributed by atoms with Crippen molar-refractivity contribution in [1.29, 1.82) is 0 Å². The van der Waals surface area contributed by atoms with Crippen LogP contribution >= 0.6 is 0 Å². The van der Waals surface area contributed by atoms with Crippen LogP contribution in [0.4, 0.5) is 0 Å². The second-order valence-corrected chi connectivity index (χ2v) is 5.49. The van der Waals surface area contributed by atoms with E-state index in [9.17, 15) is 0 Å². The van der Waals surface area contributed by atoms with Crippen molar-refractivity contribution >= 4 is 10.9 Å². The van der Waals surface area contributed by atoms with E-state index in [-0.39, 0.29) is 0 Å². The molecule has 20 heavy (non-hydrogen) atoms. The number of hydrogen-bond acceptors (Lipinski definition) is 3. The number of para-hydroxylation sites is 1. The van der Waals surface area contributed by atoms with Crippen molar-refractivity contribution < 1.29 is 4.74 Å².